The molecule has 0 saturated heterocycles. The van der Waals surface area contributed by atoms with Gasteiger partial charge in [-0.15, -0.1) is 0 Å². The average molecular weight is 470 g/mol. The lowest BCUT2D eigenvalue weighted by atomic mass is 9.73. The third-order valence-electron chi connectivity index (χ3n) is 7.10. The van der Waals surface area contributed by atoms with Gasteiger partial charge >= 0.3 is 0 Å². The molecule has 2 aromatic carbocycles. The minimum atomic E-state index is -3.84. The van der Waals surface area contributed by atoms with E-state index in [1.807, 2.05) is 18.2 Å². The molecular formula is C25H31N3O4S. The molecule has 0 aromatic heterocycles. The second-order valence-corrected chi connectivity index (χ2v) is 11.0. The number of nitrogens with one attached hydrogen (secondary N) is 1. The molecule has 176 valence electrons. The highest BCUT2D eigenvalue weighted by Crippen LogP contribution is 2.42. The molecule has 2 aliphatic rings. The number of ketones is 1. The number of carbonyl (C=O) groups excluding carboxylic acids is 2. The standard InChI is InChI=1S/C25H31N3O4S/c26-24(30)21-15-19-13-7-8-14-20(19)25(21,27)23(29)22(18-11-5-2-6-12-18)28-33(31,32)16-17-9-3-1-4-10-17/h1,3-4,7-10,13-14,18,21-22,28H,2,5-6,11-12,15-16,27H2,(H2,26,30)/t21?,22-,25?/m1/s1. The van der Waals surface area contributed by atoms with E-state index < -0.39 is 39.2 Å². The van der Waals surface area contributed by atoms with Gasteiger partial charge in [-0.3, -0.25) is 9.59 Å². The molecule has 1 amide bonds. The van der Waals surface area contributed by atoms with E-state index in [9.17, 15) is 18.0 Å². The summed E-state index contributed by atoms with van der Waals surface area (Å²) in [5.41, 5.74) is 12.8. The summed E-state index contributed by atoms with van der Waals surface area (Å²) in [6.45, 7) is 0. The molecule has 3 atom stereocenters. The molecule has 8 heteroatoms. The van der Waals surface area contributed by atoms with Crippen molar-refractivity contribution in [1.82, 2.24) is 4.72 Å². The van der Waals surface area contributed by atoms with Crippen LogP contribution in [-0.4, -0.2) is 26.2 Å². The molecule has 0 radical (unpaired) electrons. The van der Waals surface area contributed by atoms with Crippen LogP contribution in [0.5, 0.6) is 0 Å². The lowest BCUT2D eigenvalue weighted by Crippen LogP contribution is -2.61. The minimum Gasteiger partial charge on any atom is -0.369 e. The zero-order chi connectivity index (χ0) is 23.6. The van der Waals surface area contributed by atoms with Gasteiger partial charge in [-0.2, -0.15) is 0 Å². The van der Waals surface area contributed by atoms with Crippen LogP contribution < -0.4 is 16.2 Å². The first-order chi connectivity index (χ1) is 15.7. The second-order valence-electron chi connectivity index (χ2n) is 9.29. The maximum absolute atomic E-state index is 14.1. The number of benzene rings is 2. The second kappa shape index (κ2) is 9.37. The van der Waals surface area contributed by atoms with Crippen LogP contribution in [0.1, 0.15) is 48.8 Å². The SMILES string of the molecule is NC(=O)C1Cc2ccccc2C1(N)C(=O)[C@H](NS(=O)(=O)Cc1ccccc1)C1CCCCC1. The van der Waals surface area contributed by atoms with Crippen LogP contribution in [0.3, 0.4) is 0 Å². The maximum Gasteiger partial charge on any atom is 0.223 e. The molecule has 2 aliphatic carbocycles. The van der Waals surface area contributed by atoms with Gasteiger partial charge < -0.3 is 11.5 Å². The molecule has 0 bridgehead atoms. The molecule has 0 heterocycles. The van der Waals surface area contributed by atoms with Gasteiger partial charge in [0.1, 0.15) is 5.54 Å². The highest BCUT2D eigenvalue weighted by atomic mass is 32.2. The fraction of sp³-hybridized carbons (Fsp3) is 0.440. The van der Waals surface area contributed by atoms with E-state index in [-0.39, 0.29) is 18.1 Å². The summed E-state index contributed by atoms with van der Waals surface area (Å²) in [7, 11) is -3.84. The molecular weight excluding hydrogens is 438 g/mol. The third-order valence-corrected chi connectivity index (χ3v) is 8.42. The number of primary amides is 1. The van der Waals surface area contributed by atoms with Crippen LogP contribution in [0.25, 0.3) is 0 Å². The van der Waals surface area contributed by atoms with Crippen LogP contribution >= 0.6 is 0 Å². The van der Waals surface area contributed by atoms with E-state index in [2.05, 4.69) is 4.72 Å². The van der Waals surface area contributed by atoms with Gasteiger partial charge in [-0.25, -0.2) is 13.1 Å². The number of fused-ring (bicyclic) bond motifs is 1. The molecule has 33 heavy (non-hydrogen) atoms. The van der Waals surface area contributed by atoms with Crippen LogP contribution in [0, 0.1) is 11.8 Å². The van der Waals surface area contributed by atoms with E-state index in [1.165, 1.54) is 0 Å². The zero-order valence-electron chi connectivity index (χ0n) is 18.6. The first kappa shape index (κ1) is 23.6. The molecule has 0 aliphatic heterocycles. The van der Waals surface area contributed by atoms with Crippen molar-refractivity contribution in [2.75, 3.05) is 0 Å². The number of nitrogens with two attached hydrogens (primary N) is 2. The summed E-state index contributed by atoms with van der Waals surface area (Å²) < 4.78 is 29.0. The van der Waals surface area contributed by atoms with Crippen LogP contribution in [0.15, 0.2) is 54.6 Å². The van der Waals surface area contributed by atoms with Crippen molar-refractivity contribution in [3.05, 3.63) is 71.3 Å². The summed E-state index contributed by atoms with van der Waals surface area (Å²) >= 11 is 0. The lowest BCUT2D eigenvalue weighted by Gasteiger charge is -2.37. The minimum absolute atomic E-state index is 0.182. The van der Waals surface area contributed by atoms with E-state index >= 15 is 0 Å². The third kappa shape index (κ3) is 4.74. The number of sulfonamides is 1. The van der Waals surface area contributed by atoms with E-state index in [1.54, 1.807) is 36.4 Å². The number of carbonyl (C=O) groups is 2. The highest BCUT2D eigenvalue weighted by Gasteiger charge is 2.55. The number of rotatable bonds is 8. The van der Waals surface area contributed by atoms with Gasteiger partial charge in [-0.1, -0.05) is 73.9 Å². The molecule has 1 fully saturated rings. The Kier molecular flexibility index (Phi) is 6.70. The largest absolute Gasteiger partial charge is 0.369 e. The summed E-state index contributed by atoms with van der Waals surface area (Å²) in [5.74, 6) is -2.47. The van der Waals surface area contributed by atoms with Crippen molar-refractivity contribution in [1.29, 1.82) is 0 Å². The molecule has 5 N–H and O–H groups in total. The molecule has 0 spiro atoms. The van der Waals surface area contributed by atoms with Crippen molar-refractivity contribution in [2.45, 2.75) is 55.9 Å². The fourth-order valence-corrected chi connectivity index (χ4v) is 6.82. The molecule has 2 unspecified atom stereocenters. The van der Waals surface area contributed by atoms with Crippen molar-refractivity contribution in [3.8, 4) is 0 Å². The van der Waals surface area contributed by atoms with Crippen molar-refractivity contribution in [2.24, 2.45) is 23.3 Å². The van der Waals surface area contributed by atoms with Crippen molar-refractivity contribution < 1.29 is 18.0 Å². The van der Waals surface area contributed by atoms with Crippen LogP contribution in [-0.2, 0) is 37.3 Å². The van der Waals surface area contributed by atoms with Crippen molar-refractivity contribution >= 4 is 21.7 Å². The number of amides is 1. The summed E-state index contributed by atoms with van der Waals surface area (Å²) in [5, 5.41) is 0. The van der Waals surface area contributed by atoms with E-state index in [4.69, 9.17) is 11.5 Å². The van der Waals surface area contributed by atoms with E-state index in [0.717, 1.165) is 37.7 Å². The van der Waals surface area contributed by atoms with Gasteiger partial charge in [0.25, 0.3) is 0 Å². The Balaban J connectivity index is 1.71. The first-order valence-corrected chi connectivity index (χ1v) is 13.1. The van der Waals surface area contributed by atoms with Crippen LogP contribution in [0.4, 0.5) is 0 Å². The smallest absolute Gasteiger partial charge is 0.223 e. The Labute approximate surface area is 195 Å². The number of hydrogen-bond acceptors (Lipinski definition) is 5. The predicted molar refractivity (Wildman–Crippen MR) is 126 cm³/mol. The molecule has 2 aromatic rings. The Morgan fingerprint density at radius 3 is 2.30 bits per heavy atom. The fourth-order valence-electron chi connectivity index (χ4n) is 5.42. The van der Waals surface area contributed by atoms with E-state index in [0.29, 0.717) is 11.1 Å². The first-order valence-electron chi connectivity index (χ1n) is 11.5. The predicted octanol–water partition coefficient (Wildman–Crippen LogP) is 2.14. The van der Waals surface area contributed by atoms with Crippen LogP contribution in [0.2, 0.25) is 0 Å². The van der Waals surface area contributed by atoms with Crippen molar-refractivity contribution in [3.63, 3.8) is 0 Å². The Hall–Kier alpha value is -2.55. The Morgan fingerprint density at radius 2 is 1.64 bits per heavy atom. The van der Waals surface area contributed by atoms with Gasteiger partial charge in [-0.05, 0) is 41.9 Å². The normalized spacial score (nSPS) is 24.2. The average Bonchev–Trinajstić information content (AvgIpc) is 3.12. The quantitative estimate of drug-likeness (QED) is 0.545. The Bertz CT molecular complexity index is 1130. The summed E-state index contributed by atoms with van der Waals surface area (Å²) in [4.78, 5) is 26.5. The molecule has 4 rings (SSSR count). The maximum atomic E-state index is 14.1. The van der Waals surface area contributed by atoms with Gasteiger partial charge in [0.2, 0.25) is 15.9 Å². The zero-order valence-corrected chi connectivity index (χ0v) is 19.4. The molecule has 7 nitrogen and oxygen atoms in total. The monoisotopic (exact) mass is 469 g/mol. The highest BCUT2D eigenvalue weighted by molar-refractivity contribution is 7.88. The van der Waals surface area contributed by atoms with Gasteiger partial charge in [0.15, 0.2) is 5.78 Å². The summed E-state index contributed by atoms with van der Waals surface area (Å²) in [6, 6.07) is 15.0. The Morgan fingerprint density at radius 1 is 1.00 bits per heavy atom. The lowest BCUT2D eigenvalue weighted by molar-refractivity contribution is -0.135. The van der Waals surface area contributed by atoms with Gasteiger partial charge in [0.05, 0.1) is 17.7 Å². The number of hydrogen-bond donors (Lipinski definition) is 3. The van der Waals surface area contributed by atoms with Gasteiger partial charge in [0, 0.05) is 0 Å². The topological polar surface area (TPSA) is 132 Å². The number of Topliss-reactive ketones (excluding diaryl/α,β-unsaturated/α-hetero) is 1. The molecule has 1 saturated carbocycles. The summed E-state index contributed by atoms with van der Waals surface area (Å²) in [6.07, 6.45) is 4.60.